The summed E-state index contributed by atoms with van der Waals surface area (Å²) in [7, 11) is 10.1. The molecule has 3 aliphatic rings. The molecule has 0 aromatic carbocycles. The van der Waals surface area contributed by atoms with Gasteiger partial charge in [0.05, 0.1) is 55.0 Å². The normalized spacial score (nSPS) is 17.0. The molecule has 2 unspecified atom stereocenters. The van der Waals surface area contributed by atoms with Crippen LogP contribution in [0.5, 0.6) is 0 Å². The minimum atomic E-state index is -0.283. The SMILES string of the molecule is CNc1cc(Nc2cccn(-c3ccccn3)c2=O)nc2c(C(=O)NC3C[C@@H]3OC)cnn12.CNc1cc(Nc2cccn(-c3ccccn3)c2=O)nc2c(C(=O)NC3C[C@@H]3OC)cnn12.CNc1cc(Nc2cccn(-c3ccccn3)c2=O)nc2c(C(=O)N[C@@H]3C[C@H]3OC)cnn12. The molecular formula is C66H66N24O9. The van der Waals surface area contributed by atoms with E-state index in [9.17, 15) is 28.8 Å². The van der Waals surface area contributed by atoms with Gasteiger partial charge < -0.3 is 62.1 Å². The summed E-state index contributed by atoms with van der Waals surface area (Å²) in [6.45, 7) is 0. The van der Waals surface area contributed by atoms with Gasteiger partial charge in [-0.15, -0.1) is 0 Å². The van der Waals surface area contributed by atoms with Gasteiger partial charge in [0.15, 0.2) is 16.9 Å². The smallest absolute Gasteiger partial charge is 0.279 e. The van der Waals surface area contributed by atoms with Gasteiger partial charge >= 0.3 is 0 Å². The average Bonchev–Trinajstić information content (AvgIpc) is 1.58. The van der Waals surface area contributed by atoms with Crippen LogP contribution in [0.4, 0.5) is 52.0 Å². The van der Waals surface area contributed by atoms with Gasteiger partial charge in [0, 0.05) is 97.9 Å². The van der Waals surface area contributed by atoms with Crippen LogP contribution in [0.25, 0.3) is 34.4 Å². The summed E-state index contributed by atoms with van der Waals surface area (Å²) >= 11 is 0. The number of pyridine rings is 6. The molecule has 12 heterocycles. The molecule has 12 aromatic heterocycles. The molecule has 15 rings (SSSR count). The van der Waals surface area contributed by atoms with Crippen molar-refractivity contribution in [3.63, 3.8) is 0 Å². The number of nitrogens with one attached hydrogen (secondary N) is 9. The van der Waals surface area contributed by atoms with Gasteiger partial charge in [0.2, 0.25) is 0 Å². The Labute approximate surface area is 561 Å². The fourth-order valence-electron chi connectivity index (χ4n) is 10.8. The fourth-order valence-corrected chi connectivity index (χ4v) is 10.8. The maximum atomic E-state index is 13.0. The molecule has 99 heavy (non-hydrogen) atoms. The molecule has 3 amide bonds. The molecule has 0 radical (unpaired) electrons. The Balaban J connectivity index is 0.000000133. The molecule has 0 saturated heterocycles. The van der Waals surface area contributed by atoms with Crippen LogP contribution in [-0.2, 0) is 14.2 Å². The first-order valence-corrected chi connectivity index (χ1v) is 31.2. The van der Waals surface area contributed by atoms with Crippen LogP contribution in [0.1, 0.15) is 50.3 Å². The van der Waals surface area contributed by atoms with Gasteiger partial charge in [-0.05, 0) is 92.1 Å². The topological polar surface area (TPSA) is 382 Å². The molecule has 0 spiro atoms. The predicted molar refractivity (Wildman–Crippen MR) is 367 cm³/mol. The molecular weight excluding hydrogens is 1270 g/mol. The molecule has 33 nitrogen and oxygen atoms in total. The van der Waals surface area contributed by atoms with Crippen molar-refractivity contribution in [3.8, 4) is 17.5 Å². The van der Waals surface area contributed by atoms with Crippen molar-refractivity contribution in [2.75, 3.05) is 74.4 Å². The highest BCUT2D eigenvalue weighted by molar-refractivity contribution is 6.02. The quantitative estimate of drug-likeness (QED) is 0.0469. The summed E-state index contributed by atoms with van der Waals surface area (Å²) in [5.41, 5.74) is 2.16. The molecule has 6 atom stereocenters. The van der Waals surface area contributed by atoms with E-state index in [1.807, 2.05) is 18.2 Å². The highest BCUT2D eigenvalue weighted by Gasteiger charge is 2.41. The first-order valence-electron chi connectivity index (χ1n) is 31.2. The van der Waals surface area contributed by atoms with Crippen LogP contribution < -0.4 is 64.5 Å². The Morgan fingerprint density at radius 3 is 0.949 bits per heavy atom. The number of carbonyl (C=O) groups excluding carboxylic acids is 3. The lowest BCUT2D eigenvalue weighted by Crippen LogP contribution is -2.28. The average molecular weight is 1340 g/mol. The number of hydrogen-bond donors (Lipinski definition) is 9. The Bertz CT molecular complexity index is 4650. The van der Waals surface area contributed by atoms with Crippen molar-refractivity contribution >= 4 is 86.6 Å². The summed E-state index contributed by atoms with van der Waals surface area (Å²) in [6.07, 6.45) is 16.7. The van der Waals surface area contributed by atoms with Gasteiger partial charge in [0.1, 0.15) is 86.1 Å². The maximum absolute atomic E-state index is 13.0. The van der Waals surface area contributed by atoms with E-state index >= 15 is 0 Å². The molecule has 3 saturated carbocycles. The van der Waals surface area contributed by atoms with Crippen LogP contribution in [0.15, 0.2) is 179 Å². The van der Waals surface area contributed by atoms with Crippen molar-refractivity contribution in [1.82, 2.24) is 88.4 Å². The third-order valence-corrected chi connectivity index (χ3v) is 16.3. The molecule has 12 aromatic rings. The number of anilines is 9. The Hall–Kier alpha value is -12.8. The highest BCUT2D eigenvalue weighted by Crippen LogP contribution is 2.30. The van der Waals surface area contributed by atoms with Crippen LogP contribution in [0.2, 0.25) is 0 Å². The first-order chi connectivity index (χ1) is 48.3. The minimum absolute atomic E-state index is 0.0167. The van der Waals surface area contributed by atoms with Crippen LogP contribution in [-0.4, -0.2) is 169 Å². The van der Waals surface area contributed by atoms with E-state index in [1.54, 1.807) is 171 Å². The second-order valence-corrected chi connectivity index (χ2v) is 22.7. The summed E-state index contributed by atoms with van der Waals surface area (Å²) in [5.74, 6) is 3.65. The lowest BCUT2D eigenvalue weighted by molar-refractivity contribution is 0.0929. The second-order valence-electron chi connectivity index (χ2n) is 22.7. The number of carbonyl (C=O) groups is 3. The van der Waals surface area contributed by atoms with Crippen LogP contribution in [0, 0.1) is 0 Å². The molecule has 33 heteroatoms. The van der Waals surface area contributed by atoms with E-state index in [4.69, 9.17) is 14.2 Å². The third kappa shape index (κ3) is 13.9. The third-order valence-electron chi connectivity index (χ3n) is 16.3. The number of aromatic nitrogens is 15. The van der Waals surface area contributed by atoms with E-state index in [-0.39, 0.29) is 70.8 Å². The molecule has 3 aliphatic carbocycles. The van der Waals surface area contributed by atoms with E-state index in [0.717, 1.165) is 19.3 Å². The van der Waals surface area contributed by atoms with Crippen LogP contribution >= 0.6 is 0 Å². The van der Waals surface area contributed by atoms with Crippen LogP contribution in [0.3, 0.4) is 0 Å². The van der Waals surface area contributed by atoms with Crippen molar-refractivity contribution in [2.45, 2.75) is 55.7 Å². The lowest BCUT2D eigenvalue weighted by atomic mass is 10.3. The van der Waals surface area contributed by atoms with Gasteiger partial charge in [0.25, 0.3) is 34.4 Å². The highest BCUT2D eigenvalue weighted by atomic mass is 16.5. The molecule has 0 aliphatic heterocycles. The van der Waals surface area contributed by atoms with Crippen molar-refractivity contribution in [1.29, 1.82) is 0 Å². The standard InChI is InChI=1S/3C22H22N8O3/c3*1-23-19-11-17(26-14-6-5-9-29(22(14)32)18-7-3-4-8-24-18)28-20-13(12-25-30(19)20)21(31)27-15-10-16(15)33-2/h3*3-9,11-12,15-16,23H,10H2,1-2H3,(H,26,28)(H,27,31)/t2*15?,16-;15-,16-/m001/s1. The van der Waals surface area contributed by atoms with E-state index in [2.05, 4.69) is 93.1 Å². The van der Waals surface area contributed by atoms with E-state index < -0.39 is 0 Å². The largest absolute Gasteiger partial charge is 0.379 e. The summed E-state index contributed by atoms with van der Waals surface area (Å²) in [6, 6.07) is 31.3. The summed E-state index contributed by atoms with van der Waals surface area (Å²) in [5, 5.41) is 40.0. The zero-order valence-corrected chi connectivity index (χ0v) is 54.1. The number of methoxy groups -OCH3 is 3. The molecule has 504 valence electrons. The van der Waals surface area contributed by atoms with E-state index in [1.165, 1.54) is 45.8 Å². The lowest BCUT2D eigenvalue weighted by Gasteiger charge is -2.11. The number of ether oxygens (including phenoxy) is 3. The maximum Gasteiger partial charge on any atom is 0.279 e. The number of fused-ring (bicyclic) bond motifs is 3. The predicted octanol–water partition coefficient (Wildman–Crippen LogP) is 4.73. The summed E-state index contributed by atoms with van der Waals surface area (Å²) < 4.78 is 24.7. The second kappa shape index (κ2) is 28.3. The van der Waals surface area contributed by atoms with Gasteiger partial charge in [-0.25, -0.2) is 29.9 Å². The number of amides is 3. The number of rotatable bonds is 21. The summed E-state index contributed by atoms with van der Waals surface area (Å²) in [4.78, 5) is 104. The van der Waals surface area contributed by atoms with E-state index in [0.29, 0.717) is 103 Å². The minimum Gasteiger partial charge on any atom is -0.379 e. The van der Waals surface area contributed by atoms with Gasteiger partial charge in [-0.1, -0.05) is 18.2 Å². The Kier molecular flexibility index (Phi) is 18.6. The Morgan fingerprint density at radius 2 is 0.707 bits per heavy atom. The molecule has 0 bridgehead atoms. The van der Waals surface area contributed by atoms with Gasteiger partial charge in [-0.2, -0.15) is 28.8 Å². The zero-order chi connectivity index (χ0) is 68.8. The zero-order valence-electron chi connectivity index (χ0n) is 54.1. The monoisotopic (exact) mass is 1340 g/mol. The molecule has 3 fully saturated rings. The number of hydrogen-bond acceptors (Lipinski definition) is 24. The Morgan fingerprint density at radius 1 is 0.414 bits per heavy atom. The van der Waals surface area contributed by atoms with Crippen molar-refractivity contribution in [2.24, 2.45) is 0 Å². The first kappa shape index (κ1) is 64.9. The van der Waals surface area contributed by atoms with Crippen molar-refractivity contribution < 1.29 is 28.6 Å². The number of nitrogens with zero attached hydrogens (tertiary/aromatic N) is 15. The fraction of sp³-hybridized carbons (Fsp3) is 0.227. The van der Waals surface area contributed by atoms with Gasteiger partial charge in [-0.3, -0.25) is 42.5 Å². The van der Waals surface area contributed by atoms with Crippen molar-refractivity contribution in [3.05, 3.63) is 213 Å². The molecule has 9 N–H and O–H groups in total.